The van der Waals surface area contributed by atoms with E-state index in [1.165, 1.54) is 0 Å². The van der Waals surface area contributed by atoms with Crippen LogP contribution in [0.15, 0.2) is 61.1 Å². The summed E-state index contributed by atoms with van der Waals surface area (Å²) in [6, 6.07) is 12.9. The lowest BCUT2D eigenvalue weighted by molar-refractivity contribution is -0.115. The largest absolute Gasteiger partial charge is 0.326 e. The minimum atomic E-state index is -2.20. The summed E-state index contributed by atoms with van der Waals surface area (Å²) in [5.41, 5.74) is 3.14. The maximum absolute atomic E-state index is 12.0. The molecule has 28 heavy (non-hydrogen) atoms. The third kappa shape index (κ3) is 5.99. The summed E-state index contributed by atoms with van der Waals surface area (Å²) in [5.74, 6) is 0.299. The van der Waals surface area contributed by atoms with Gasteiger partial charge in [-0.15, -0.1) is 0 Å². The van der Waals surface area contributed by atoms with Gasteiger partial charge in [-0.1, -0.05) is 6.07 Å². The SMILES string of the molecule is CP(C)(=O)CCC(=O)Nc1cccc(Nc2nccc(-c3ccncc3)n2)c1. The van der Waals surface area contributed by atoms with E-state index in [1.807, 2.05) is 30.3 Å². The van der Waals surface area contributed by atoms with Crippen LogP contribution in [0.4, 0.5) is 17.3 Å². The molecule has 0 fully saturated rings. The Bertz CT molecular complexity index is 1000. The smallest absolute Gasteiger partial charge is 0.227 e. The zero-order valence-corrected chi connectivity index (χ0v) is 16.7. The fraction of sp³-hybridized carbons (Fsp3) is 0.200. The van der Waals surface area contributed by atoms with E-state index in [-0.39, 0.29) is 12.3 Å². The second kappa shape index (κ2) is 8.76. The standard InChI is InChI=1S/C20H22N5O2P/c1-28(2,27)13-9-19(26)23-16-4-3-5-17(14-16)24-20-22-12-8-18(25-20)15-6-10-21-11-7-15/h3-8,10-12,14H,9,13H2,1-2H3,(H,23,26)(H,22,24,25). The van der Waals surface area contributed by atoms with E-state index in [4.69, 9.17) is 0 Å². The van der Waals surface area contributed by atoms with Gasteiger partial charge in [0.1, 0.15) is 0 Å². The lowest BCUT2D eigenvalue weighted by Crippen LogP contribution is -2.13. The monoisotopic (exact) mass is 395 g/mol. The molecule has 144 valence electrons. The highest BCUT2D eigenvalue weighted by Gasteiger charge is 2.11. The number of benzene rings is 1. The van der Waals surface area contributed by atoms with Crippen LogP contribution in [0.2, 0.25) is 0 Å². The van der Waals surface area contributed by atoms with Crippen LogP contribution >= 0.6 is 7.14 Å². The molecule has 0 atom stereocenters. The van der Waals surface area contributed by atoms with Crippen molar-refractivity contribution in [2.45, 2.75) is 6.42 Å². The van der Waals surface area contributed by atoms with Crippen LogP contribution in [0, 0.1) is 0 Å². The molecule has 3 aromatic rings. The van der Waals surface area contributed by atoms with E-state index in [1.54, 1.807) is 44.1 Å². The number of hydrogen-bond donors (Lipinski definition) is 2. The third-order valence-corrected chi connectivity index (χ3v) is 5.21. The number of amides is 1. The van der Waals surface area contributed by atoms with Crippen LogP contribution in [0.1, 0.15) is 6.42 Å². The number of nitrogens with zero attached hydrogens (tertiary/aromatic N) is 3. The molecule has 0 aliphatic carbocycles. The molecule has 0 aliphatic rings. The quantitative estimate of drug-likeness (QED) is 0.581. The van der Waals surface area contributed by atoms with Crippen molar-refractivity contribution < 1.29 is 9.36 Å². The third-order valence-electron chi connectivity index (χ3n) is 3.91. The summed E-state index contributed by atoms with van der Waals surface area (Å²) >= 11 is 0. The van der Waals surface area contributed by atoms with Crippen molar-refractivity contribution in [1.29, 1.82) is 0 Å². The molecule has 1 amide bonds. The molecule has 2 heterocycles. The summed E-state index contributed by atoms with van der Waals surface area (Å²) in [4.78, 5) is 24.8. The number of hydrogen-bond acceptors (Lipinski definition) is 6. The first kappa shape index (κ1) is 19.7. The van der Waals surface area contributed by atoms with Crippen LogP contribution < -0.4 is 10.6 Å². The second-order valence-corrected chi connectivity index (χ2v) is 10.4. The van der Waals surface area contributed by atoms with Gasteiger partial charge in [-0.05, 0) is 49.7 Å². The van der Waals surface area contributed by atoms with Crippen molar-refractivity contribution in [3.8, 4) is 11.3 Å². The van der Waals surface area contributed by atoms with E-state index in [0.29, 0.717) is 17.8 Å². The van der Waals surface area contributed by atoms with Gasteiger partial charge in [-0.3, -0.25) is 9.78 Å². The molecule has 0 unspecified atom stereocenters. The van der Waals surface area contributed by atoms with Crippen LogP contribution in [-0.2, 0) is 9.36 Å². The van der Waals surface area contributed by atoms with Crippen molar-refractivity contribution in [1.82, 2.24) is 15.0 Å². The fourth-order valence-corrected chi connectivity index (χ4v) is 3.24. The van der Waals surface area contributed by atoms with Gasteiger partial charge < -0.3 is 15.2 Å². The molecule has 3 rings (SSSR count). The van der Waals surface area contributed by atoms with Gasteiger partial charge in [0, 0.05) is 48.1 Å². The van der Waals surface area contributed by atoms with Gasteiger partial charge in [0.2, 0.25) is 11.9 Å². The number of nitrogens with one attached hydrogen (secondary N) is 2. The number of aromatic nitrogens is 3. The zero-order chi connectivity index (χ0) is 20.0. The maximum Gasteiger partial charge on any atom is 0.227 e. The van der Waals surface area contributed by atoms with E-state index in [0.717, 1.165) is 16.9 Å². The van der Waals surface area contributed by atoms with Crippen molar-refractivity contribution >= 4 is 30.4 Å². The van der Waals surface area contributed by atoms with Gasteiger partial charge in [-0.2, -0.15) is 0 Å². The molecule has 0 saturated heterocycles. The van der Waals surface area contributed by atoms with Gasteiger partial charge in [0.25, 0.3) is 0 Å². The average Bonchev–Trinajstić information content (AvgIpc) is 2.67. The highest BCUT2D eigenvalue weighted by Crippen LogP contribution is 2.36. The summed E-state index contributed by atoms with van der Waals surface area (Å²) < 4.78 is 11.8. The van der Waals surface area contributed by atoms with Crippen molar-refractivity contribution in [2.75, 3.05) is 30.1 Å². The Labute approximate surface area is 164 Å². The number of carbonyl (C=O) groups is 1. The molecular formula is C20H22N5O2P. The van der Waals surface area contributed by atoms with Crippen molar-refractivity contribution in [2.24, 2.45) is 0 Å². The van der Waals surface area contributed by atoms with Gasteiger partial charge in [0.05, 0.1) is 12.8 Å². The first-order chi connectivity index (χ1) is 13.4. The number of carbonyl (C=O) groups excluding carboxylic acids is 1. The zero-order valence-electron chi connectivity index (χ0n) is 15.8. The Hall–Kier alpha value is -3.05. The van der Waals surface area contributed by atoms with E-state index < -0.39 is 7.14 Å². The first-order valence-corrected chi connectivity index (χ1v) is 11.6. The summed E-state index contributed by atoms with van der Waals surface area (Å²) in [6.07, 6.45) is 5.75. The van der Waals surface area contributed by atoms with Crippen molar-refractivity contribution in [3.05, 3.63) is 61.1 Å². The number of pyridine rings is 1. The Morgan fingerprint density at radius 1 is 1.04 bits per heavy atom. The minimum Gasteiger partial charge on any atom is -0.326 e. The molecule has 0 saturated carbocycles. The fourth-order valence-electron chi connectivity index (χ4n) is 2.50. The summed E-state index contributed by atoms with van der Waals surface area (Å²) in [6.45, 7) is 3.37. The predicted octanol–water partition coefficient (Wildman–Crippen LogP) is 4.23. The van der Waals surface area contributed by atoms with Crippen molar-refractivity contribution in [3.63, 3.8) is 0 Å². The van der Waals surface area contributed by atoms with Gasteiger partial charge in [-0.25, -0.2) is 9.97 Å². The maximum atomic E-state index is 12.0. The van der Waals surface area contributed by atoms with Crippen LogP contribution in [0.3, 0.4) is 0 Å². The summed E-state index contributed by atoms with van der Waals surface area (Å²) in [5, 5.41) is 5.98. The second-order valence-electron chi connectivity index (χ2n) is 6.80. The average molecular weight is 395 g/mol. The van der Waals surface area contributed by atoms with E-state index >= 15 is 0 Å². The molecule has 2 N–H and O–H groups in total. The van der Waals surface area contributed by atoms with E-state index in [9.17, 15) is 9.36 Å². The molecule has 1 aromatic carbocycles. The van der Waals surface area contributed by atoms with Gasteiger partial charge in [0.15, 0.2) is 0 Å². The normalized spacial score (nSPS) is 11.1. The Morgan fingerprint density at radius 2 is 1.79 bits per heavy atom. The van der Waals surface area contributed by atoms with Crippen LogP contribution in [0.5, 0.6) is 0 Å². The lowest BCUT2D eigenvalue weighted by atomic mass is 10.2. The molecule has 0 bridgehead atoms. The van der Waals surface area contributed by atoms with Crippen LogP contribution in [-0.4, -0.2) is 40.4 Å². The van der Waals surface area contributed by atoms with Crippen LogP contribution in [0.25, 0.3) is 11.3 Å². The Morgan fingerprint density at radius 3 is 2.54 bits per heavy atom. The van der Waals surface area contributed by atoms with E-state index in [2.05, 4.69) is 25.6 Å². The minimum absolute atomic E-state index is 0.156. The number of anilines is 3. The highest BCUT2D eigenvalue weighted by atomic mass is 31.2. The molecular weight excluding hydrogens is 373 g/mol. The molecule has 0 spiro atoms. The topological polar surface area (TPSA) is 96.9 Å². The molecule has 0 radical (unpaired) electrons. The molecule has 2 aromatic heterocycles. The summed E-state index contributed by atoms with van der Waals surface area (Å²) in [7, 11) is -2.20. The Kier molecular flexibility index (Phi) is 6.16. The highest BCUT2D eigenvalue weighted by molar-refractivity contribution is 7.62. The molecule has 8 heteroatoms. The first-order valence-electron chi connectivity index (χ1n) is 8.83. The lowest BCUT2D eigenvalue weighted by Gasteiger charge is -2.10. The molecule has 7 nitrogen and oxygen atoms in total. The van der Waals surface area contributed by atoms with Gasteiger partial charge >= 0.3 is 0 Å². The predicted molar refractivity (Wildman–Crippen MR) is 113 cm³/mol. The molecule has 0 aliphatic heterocycles. The Balaban J connectivity index is 1.68. The number of rotatable bonds is 7.